The van der Waals surface area contributed by atoms with Gasteiger partial charge in [-0.1, -0.05) is 41.9 Å². The predicted molar refractivity (Wildman–Crippen MR) is 139 cm³/mol. The molecular weight excluding hydrogens is 503 g/mol. The molecule has 2 atom stereocenters. The second-order valence-electron chi connectivity index (χ2n) is 11.6. The van der Waals surface area contributed by atoms with E-state index in [0.29, 0.717) is 5.56 Å². The summed E-state index contributed by atoms with van der Waals surface area (Å²) in [6.07, 6.45) is -2.49. The summed E-state index contributed by atoms with van der Waals surface area (Å²) in [5, 5.41) is -0.298. The molecule has 4 rings (SSSR count). The van der Waals surface area contributed by atoms with Crippen LogP contribution in [0.4, 0.5) is 13.6 Å². The molecule has 0 bridgehead atoms. The molecule has 0 unspecified atom stereocenters. The fraction of sp³-hybridized carbons (Fsp3) is 0.519. The Hall–Kier alpha value is -2.36. The normalized spacial score (nSPS) is 24.0. The lowest BCUT2D eigenvalue weighted by Crippen LogP contribution is -2.48. The van der Waals surface area contributed by atoms with Crippen LogP contribution in [-0.4, -0.2) is 48.5 Å². The standard InChI is InChI=1S/C27H33BClF2NO5/c1-24(2,3)35-23(33)32(8)15-27(16-12-10-9-11-13-16)22(31)19-18(34-27)14-17(30)21(29)20(19)28-36-25(4,5)26(6,7)37-28/h9-14,22H,15H2,1-8H3/t22-,27+/m0/s1. The summed E-state index contributed by atoms with van der Waals surface area (Å²) < 4.78 is 56.0. The van der Waals surface area contributed by atoms with Gasteiger partial charge in [0.05, 0.1) is 22.8 Å². The largest absolute Gasteiger partial charge is 0.497 e. The van der Waals surface area contributed by atoms with Gasteiger partial charge in [0.15, 0.2) is 11.8 Å². The van der Waals surface area contributed by atoms with E-state index in [1.54, 1.807) is 51.1 Å². The van der Waals surface area contributed by atoms with Crippen molar-refractivity contribution in [3.8, 4) is 5.75 Å². The highest BCUT2D eigenvalue weighted by Gasteiger charge is 2.58. The first kappa shape index (κ1) is 27.7. The molecule has 6 nitrogen and oxygen atoms in total. The minimum Gasteiger partial charge on any atom is -0.477 e. The van der Waals surface area contributed by atoms with Crippen LogP contribution in [0, 0.1) is 5.82 Å². The van der Waals surface area contributed by atoms with Gasteiger partial charge in [-0.3, -0.25) is 0 Å². The first-order valence-corrected chi connectivity index (χ1v) is 12.6. The number of hydrogen-bond donors (Lipinski definition) is 0. The van der Waals surface area contributed by atoms with E-state index in [0.717, 1.165) is 6.07 Å². The monoisotopic (exact) mass is 535 g/mol. The lowest BCUT2D eigenvalue weighted by Gasteiger charge is -2.35. The third kappa shape index (κ3) is 4.82. The molecule has 2 aliphatic heterocycles. The van der Waals surface area contributed by atoms with Gasteiger partial charge in [0.2, 0.25) is 0 Å². The highest BCUT2D eigenvalue weighted by atomic mass is 35.5. The van der Waals surface area contributed by atoms with E-state index in [2.05, 4.69) is 0 Å². The molecular formula is C27H33BClF2NO5. The molecule has 0 spiro atoms. The van der Waals surface area contributed by atoms with Crippen molar-refractivity contribution >= 4 is 30.3 Å². The maximum Gasteiger partial charge on any atom is 0.497 e. The summed E-state index contributed by atoms with van der Waals surface area (Å²) in [7, 11) is 0.375. The van der Waals surface area contributed by atoms with E-state index in [1.807, 2.05) is 27.7 Å². The smallest absolute Gasteiger partial charge is 0.477 e. The zero-order chi connectivity index (χ0) is 27.6. The third-order valence-electron chi connectivity index (χ3n) is 7.14. The second kappa shape index (κ2) is 9.14. The van der Waals surface area contributed by atoms with Crippen molar-refractivity contribution in [3.05, 3.63) is 58.4 Å². The number of benzene rings is 2. The van der Waals surface area contributed by atoms with Crippen molar-refractivity contribution in [2.45, 2.75) is 77.0 Å². The highest BCUT2D eigenvalue weighted by molar-refractivity contribution is 6.66. The summed E-state index contributed by atoms with van der Waals surface area (Å²) in [5.74, 6) is -0.817. The Morgan fingerprint density at radius 1 is 1.14 bits per heavy atom. The Morgan fingerprint density at radius 2 is 1.70 bits per heavy atom. The van der Waals surface area contributed by atoms with Gasteiger partial charge in [-0.25, -0.2) is 13.6 Å². The first-order valence-electron chi connectivity index (χ1n) is 12.2. The van der Waals surface area contributed by atoms with Crippen molar-refractivity contribution in [1.29, 1.82) is 0 Å². The Kier molecular flexibility index (Phi) is 6.83. The molecule has 2 aliphatic rings. The number of amides is 1. The molecule has 0 saturated carbocycles. The van der Waals surface area contributed by atoms with Gasteiger partial charge in [0, 0.05) is 29.7 Å². The van der Waals surface area contributed by atoms with Crippen LogP contribution in [-0.2, 0) is 19.6 Å². The van der Waals surface area contributed by atoms with Crippen LogP contribution in [0.1, 0.15) is 65.8 Å². The summed E-state index contributed by atoms with van der Waals surface area (Å²) in [6, 6.07) is 9.74. The molecule has 0 aliphatic carbocycles. The third-order valence-corrected chi connectivity index (χ3v) is 7.53. The molecule has 37 heavy (non-hydrogen) atoms. The lowest BCUT2D eigenvalue weighted by atomic mass is 9.72. The number of nitrogens with zero attached hydrogens (tertiary/aromatic N) is 1. The van der Waals surface area contributed by atoms with E-state index in [-0.39, 0.29) is 28.3 Å². The number of ether oxygens (including phenoxy) is 2. The van der Waals surface area contributed by atoms with Gasteiger partial charge >= 0.3 is 13.2 Å². The van der Waals surface area contributed by atoms with E-state index in [9.17, 15) is 4.79 Å². The maximum atomic E-state index is 16.9. The first-order chi connectivity index (χ1) is 17.0. The van der Waals surface area contributed by atoms with Crippen molar-refractivity contribution in [1.82, 2.24) is 4.90 Å². The average molecular weight is 536 g/mol. The molecule has 1 amide bonds. The molecule has 2 aromatic carbocycles. The molecule has 0 N–H and O–H groups in total. The minimum atomic E-state index is -1.85. The molecule has 2 aromatic rings. The molecule has 0 aromatic heterocycles. The van der Waals surface area contributed by atoms with Gasteiger partial charge in [0.25, 0.3) is 0 Å². The highest BCUT2D eigenvalue weighted by Crippen LogP contribution is 2.53. The summed E-state index contributed by atoms with van der Waals surface area (Å²) in [6.45, 7) is 12.4. The van der Waals surface area contributed by atoms with Crippen LogP contribution >= 0.6 is 11.6 Å². The summed E-state index contributed by atoms with van der Waals surface area (Å²) >= 11 is 6.43. The van der Waals surface area contributed by atoms with E-state index < -0.39 is 47.6 Å². The van der Waals surface area contributed by atoms with Crippen LogP contribution in [0.2, 0.25) is 5.02 Å². The average Bonchev–Trinajstić information content (AvgIpc) is 3.17. The van der Waals surface area contributed by atoms with Gasteiger partial charge in [-0.15, -0.1) is 0 Å². The number of likely N-dealkylation sites (N-methyl/N-ethyl adjacent to an activating group) is 1. The Labute approximate surface area is 222 Å². The van der Waals surface area contributed by atoms with Crippen molar-refractivity contribution < 1.29 is 32.4 Å². The molecule has 0 radical (unpaired) electrons. The number of carbonyl (C=O) groups excluding carboxylic acids is 1. The summed E-state index contributed by atoms with van der Waals surface area (Å²) in [5.41, 5.74) is -3.44. The Bertz CT molecular complexity index is 1190. The molecule has 200 valence electrons. The number of hydrogen-bond acceptors (Lipinski definition) is 5. The Balaban J connectivity index is 1.83. The van der Waals surface area contributed by atoms with Gasteiger partial charge in [-0.2, -0.15) is 0 Å². The quantitative estimate of drug-likeness (QED) is 0.453. The molecule has 1 saturated heterocycles. The zero-order valence-electron chi connectivity index (χ0n) is 22.4. The maximum absolute atomic E-state index is 16.9. The zero-order valence-corrected chi connectivity index (χ0v) is 23.2. The van der Waals surface area contributed by atoms with Gasteiger partial charge in [0.1, 0.15) is 17.2 Å². The Morgan fingerprint density at radius 3 is 2.24 bits per heavy atom. The number of rotatable bonds is 4. The molecule has 1 fully saturated rings. The van der Waals surface area contributed by atoms with Crippen LogP contribution in [0.3, 0.4) is 0 Å². The van der Waals surface area contributed by atoms with Crippen LogP contribution in [0.5, 0.6) is 5.75 Å². The topological polar surface area (TPSA) is 57.2 Å². The SMILES string of the molecule is CN(C[C@]1(c2ccccc2)Oc2cc(F)c(Cl)c(B3OC(C)(C)C(C)(C)O3)c2[C@@H]1F)C(=O)OC(C)(C)C. The van der Waals surface area contributed by atoms with Crippen molar-refractivity contribution in [3.63, 3.8) is 0 Å². The van der Waals surface area contributed by atoms with Gasteiger partial charge < -0.3 is 23.7 Å². The number of fused-ring (bicyclic) bond motifs is 1. The molecule has 10 heteroatoms. The van der Waals surface area contributed by atoms with Gasteiger partial charge in [-0.05, 0) is 48.5 Å². The second-order valence-corrected chi connectivity index (χ2v) is 12.0. The van der Waals surface area contributed by atoms with Crippen molar-refractivity contribution in [2.75, 3.05) is 13.6 Å². The number of alkyl halides is 1. The van der Waals surface area contributed by atoms with Crippen LogP contribution in [0.25, 0.3) is 0 Å². The van der Waals surface area contributed by atoms with E-state index in [1.165, 1.54) is 11.9 Å². The van der Waals surface area contributed by atoms with E-state index in [4.69, 9.17) is 30.4 Å². The summed E-state index contributed by atoms with van der Waals surface area (Å²) in [4.78, 5) is 14.1. The van der Waals surface area contributed by atoms with E-state index >= 15 is 8.78 Å². The minimum absolute atomic E-state index is 0.0273. The fourth-order valence-corrected chi connectivity index (χ4v) is 4.79. The van der Waals surface area contributed by atoms with Crippen LogP contribution in [0.15, 0.2) is 36.4 Å². The lowest BCUT2D eigenvalue weighted by molar-refractivity contribution is -0.0255. The van der Waals surface area contributed by atoms with Crippen molar-refractivity contribution in [2.24, 2.45) is 0 Å². The number of halogens is 3. The predicted octanol–water partition coefficient (Wildman–Crippen LogP) is 5.94. The number of carbonyl (C=O) groups is 1. The molecule has 2 heterocycles. The van der Waals surface area contributed by atoms with Crippen LogP contribution < -0.4 is 10.2 Å². The fourth-order valence-electron chi connectivity index (χ4n) is 4.54.